The molecule has 23 heavy (non-hydrogen) atoms. The van der Waals surface area contributed by atoms with Crippen molar-refractivity contribution in [2.75, 3.05) is 32.1 Å². The van der Waals surface area contributed by atoms with Gasteiger partial charge in [-0.1, -0.05) is 0 Å². The van der Waals surface area contributed by atoms with Crippen LogP contribution < -0.4 is 20.3 Å². The molecule has 0 spiro atoms. The second-order valence-corrected chi connectivity index (χ2v) is 5.54. The number of amides is 2. The molecule has 0 radical (unpaired) electrons. The predicted octanol–water partition coefficient (Wildman–Crippen LogP) is 1.19. The molecular weight excluding hydrogens is 318 g/mol. The summed E-state index contributed by atoms with van der Waals surface area (Å²) in [5.41, 5.74) is 0.796. The minimum absolute atomic E-state index is 0. The van der Waals surface area contributed by atoms with E-state index in [4.69, 9.17) is 4.74 Å². The molecule has 1 aliphatic rings. The molecule has 1 aromatic rings. The first kappa shape index (κ1) is 19.3. The SMILES string of the molecule is CNC(C)CNC(=O)C1CC(=O)N(c2ccc(OC)cc2)C1.Cl. The van der Waals surface area contributed by atoms with E-state index in [2.05, 4.69) is 10.6 Å². The minimum Gasteiger partial charge on any atom is -0.497 e. The van der Waals surface area contributed by atoms with Crippen molar-refractivity contribution < 1.29 is 14.3 Å². The number of likely N-dealkylation sites (N-methyl/N-ethyl adjacent to an activating group) is 1. The number of rotatable bonds is 6. The third-order valence-electron chi connectivity index (χ3n) is 3.96. The van der Waals surface area contributed by atoms with Crippen molar-refractivity contribution in [2.24, 2.45) is 5.92 Å². The van der Waals surface area contributed by atoms with Crippen molar-refractivity contribution in [3.8, 4) is 5.75 Å². The van der Waals surface area contributed by atoms with Gasteiger partial charge in [0.05, 0.1) is 13.0 Å². The Morgan fingerprint density at radius 3 is 2.61 bits per heavy atom. The summed E-state index contributed by atoms with van der Waals surface area (Å²) in [6, 6.07) is 7.49. The zero-order chi connectivity index (χ0) is 16.1. The van der Waals surface area contributed by atoms with Gasteiger partial charge in [-0.25, -0.2) is 0 Å². The number of hydrogen-bond donors (Lipinski definition) is 2. The molecule has 0 saturated carbocycles. The predicted molar refractivity (Wildman–Crippen MR) is 92.2 cm³/mol. The number of methoxy groups -OCH3 is 1. The van der Waals surface area contributed by atoms with Crippen LogP contribution in [-0.4, -0.2) is 45.1 Å². The summed E-state index contributed by atoms with van der Waals surface area (Å²) in [4.78, 5) is 25.9. The van der Waals surface area contributed by atoms with Crippen LogP contribution in [0.3, 0.4) is 0 Å². The molecular formula is C16H24ClN3O3. The van der Waals surface area contributed by atoms with Crippen LogP contribution in [0.1, 0.15) is 13.3 Å². The van der Waals surface area contributed by atoms with Crippen LogP contribution in [0, 0.1) is 5.92 Å². The second kappa shape index (κ2) is 8.74. The molecule has 0 bridgehead atoms. The zero-order valence-corrected chi connectivity index (χ0v) is 14.5. The molecule has 2 unspecified atom stereocenters. The number of hydrogen-bond acceptors (Lipinski definition) is 4. The fourth-order valence-electron chi connectivity index (χ4n) is 2.39. The summed E-state index contributed by atoms with van der Waals surface area (Å²) in [7, 11) is 3.45. The normalized spacial score (nSPS) is 18.3. The molecule has 7 heteroatoms. The lowest BCUT2D eigenvalue weighted by Gasteiger charge is -2.17. The highest BCUT2D eigenvalue weighted by Crippen LogP contribution is 2.26. The zero-order valence-electron chi connectivity index (χ0n) is 13.7. The molecule has 128 valence electrons. The lowest BCUT2D eigenvalue weighted by atomic mass is 10.1. The standard InChI is InChI=1S/C16H23N3O3.ClH/c1-11(17-2)9-18-16(21)12-8-15(20)19(10-12)13-4-6-14(22-3)7-5-13;/h4-7,11-12,17H,8-10H2,1-3H3,(H,18,21);1H. The first-order chi connectivity index (χ1) is 10.5. The minimum atomic E-state index is -0.293. The highest BCUT2D eigenvalue weighted by atomic mass is 35.5. The Kier molecular flexibility index (Phi) is 7.32. The Hall–Kier alpha value is -1.79. The number of anilines is 1. The summed E-state index contributed by atoms with van der Waals surface area (Å²) in [6.07, 6.45) is 0.256. The van der Waals surface area contributed by atoms with E-state index < -0.39 is 0 Å². The van der Waals surface area contributed by atoms with Crippen LogP contribution >= 0.6 is 12.4 Å². The Morgan fingerprint density at radius 1 is 1.39 bits per heavy atom. The first-order valence-corrected chi connectivity index (χ1v) is 7.44. The fraction of sp³-hybridized carbons (Fsp3) is 0.500. The van der Waals surface area contributed by atoms with Crippen molar-refractivity contribution in [1.82, 2.24) is 10.6 Å². The van der Waals surface area contributed by atoms with E-state index >= 15 is 0 Å². The topological polar surface area (TPSA) is 70.7 Å². The monoisotopic (exact) mass is 341 g/mol. The smallest absolute Gasteiger partial charge is 0.227 e. The van der Waals surface area contributed by atoms with E-state index in [0.29, 0.717) is 13.1 Å². The van der Waals surface area contributed by atoms with E-state index in [9.17, 15) is 9.59 Å². The quantitative estimate of drug-likeness (QED) is 0.815. The fourth-order valence-corrected chi connectivity index (χ4v) is 2.39. The Morgan fingerprint density at radius 2 is 2.04 bits per heavy atom. The van der Waals surface area contributed by atoms with E-state index in [0.717, 1.165) is 11.4 Å². The van der Waals surface area contributed by atoms with Gasteiger partial charge in [-0.3, -0.25) is 9.59 Å². The highest BCUT2D eigenvalue weighted by molar-refractivity contribution is 6.00. The molecule has 2 rings (SSSR count). The molecule has 1 saturated heterocycles. The molecule has 2 N–H and O–H groups in total. The van der Waals surface area contributed by atoms with E-state index in [-0.39, 0.29) is 42.6 Å². The van der Waals surface area contributed by atoms with Crippen molar-refractivity contribution >= 4 is 29.9 Å². The number of nitrogens with zero attached hydrogens (tertiary/aromatic N) is 1. The Balaban J connectivity index is 0.00000264. The Bertz CT molecular complexity index is 536. The average molecular weight is 342 g/mol. The van der Waals surface area contributed by atoms with Gasteiger partial charge in [-0.05, 0) is 38.2 Å². The maximum Gasteiger partial charge on any atom is 0.227 e. The molecule has 1 aliphatic heterocycles. The van der Waals surface area contributed by atoms with Gasteiger partial charge in [0, 0.05) is 31.2 Å². The number of carbonyl (C=O) groups is 2. The molecule has 0 aromatic heterocycles. The third-order valence-corrected chi connectivity index (χ3v) is 3.96. The lowest BCUT2D eigenvalue weighted by molar-refractivity contribution is -0.126. The van der Waals surface area contributed by atoms with Crippen LogP contribution in [0.4, 0.5) is 5.69 Å². The van der Waals surface area contributed by atoms with Gasteiger partial charge >= 0.3 is 0 Å². The number of nitrogens with one attached hydrogen (secondary N) is 2. The van der Waals surface area contributed by atoms with Crippen molar-refractivity contribution in [1.29, 1.82) is 0 Å². The van der Waals surface area contributed by atoms with Crippen LogP contribution in [0.25, 0.3) is 0 Å². The van der Waals surface area contributed by atoms with E-state index in [1.54, 1.807) is 12.0 Å². The van der Waals surface area contributed by atoms with Gasteiger partial charge in [0.1, 0.15) is 5.75 Å². The van der Waals surface area contributed by atoms with Gasteiger partial charge in [0.2, 0.25) is 11.8 Å². The maximum absolute atomic E-state index is 12.2. The number of ether oxygens (including phenoxy) is 1. The maximum atomic E-state index is 12.2. The highest BCUT2D eigenvalue weighted by Gasteiger charge is 2.35. The molecule has 2 atom stereocenters. The summed E-state index contributed by atoms with van der Waals surface area (Å²) < 4.78 is 5.11. The van der Waals surface area contributed by atoms with Gasteiger partial charge in [-0.2, -0.15) is 0 Å². The van der Waals surface area contributed by atoms with Crippen molar-refractivity contribution in [3.05, 3.63) is 24.3 Å². The van der Waals surface area contributed by atoms with Gasteiger partial charge in [-0.15, -0.1) is 12.4 Å². The van der Waals surface area contributed by atoms with Gasteiger partial charge < -0.3 is 20.3 Å². The number of halogens is 1. The largest absolute Gasteiger partial charge is 0.497 e. The average Bonchev–Trinajstić information content (AvgIpc) is 2.94. The van der Waals surface area contributed by atoms with Gasteiger partial charge in [0.15, 0.2) is 0 Å². The Labute approximate surface area is 143 Å². The molecule has 1 fully saturated rings. The first-order valence-electron chi connectivity index (χ1n) is 7.44. The molecule has 2 amide bonds. The second-order valence-electron chi connectivity index (χ2n) is 5.54. The summed E-state index contributed by atoms with van der Waals surface area (Å²) in [5.74, 6) is 0.364. The summed E-state index contributed by atoms with van der Waals surface area (Å²) in [5, 5.41) is 5.95. The van der Waals surface area contributed by atoms with Gasteiger partial charge in [0.25, 0.3) is 0 Å². The van der Waals surface area contributed by atoms with Crippen LogP contribution in [0.15, 0.2) is 24.3 Å². The third kappa shape index (κ3) is 4.84. The summed E-state index contributed by atoms with van der Waals surface area (Å²) >= 11 is 0. The molecule has 1 heterocycles. The van der Waals surface area contributed by atoms with E-state index in [1.807, 2.05) is 38.2 Å². The number of carbonyl (C=O) groups excluding carboxylic acids is 2. The molecule has 0 aliphatic carbocycles. The summed E-state index contributed by atoms with van der Waals surface area (Å²) in [6.45, 7) is 2.97. The number of benzene rings is 1. The van der Waals surface area contributed by atoms with E-state index in [1.165, 1.54) is 0 Å². The van der Waals surface area contributed by atoms with Crippen molar-refractivity contribution in [2.45, 2.75) is 19.4 Å². The lowest BCUT2D eigenvalue weighted by Crippen LogP contribution is -2.40. The van der Waals surface area contributed by atoms with Crippen LogP contribution in [-0.2, 0) is 9.59 Å². The molecule has 1 aromatic carbocycles. The van der Waals surface area contributed by atoms with Crippen LogP contribution in [0.2, 0.25) is 0 Å². The molecule has 6 nitrogen and oxygen atoms in total. The van der Waals surface area contributed by atoms with Crippen LogP contribution in [0.5, 0.6) is 5.75 Å². The van der Waals surface area contributed by atoms with Crippen molar-refractivity contribution in [3.63, 3.8) is 0 Å².